The third-order valence-electron chi connectivity index (χ3n) is 2.90. The van der Waals surface area contributed by atoms with E-state index in [1.807, 2.05) is 20.9 Å². The topological polar surface area (TPSA) is 12.0 Å². The van der Waals surface area contributed by atoms with Crippen molar-refractivity contribution in [2.75, 3.05) is 7.05 Å². The van der Waals surface area contributed by atoms with Gasteiger partial charge in [0.05, 0.1) is 0 Å². The van der Waals surface area contributed by atoms with Gasteiger partial charge in [-0.25, -0.2) is 0 Å². The lowest BCUT2D eigenvalue weighted by atomic mass is 9.95. The Balaban J connectivity index is 0. The van der Waals surface area contributed by atoms with Crippen LogP contribution in [0.25, 0.3) is 0 Å². The zero-order valence-electron chi connectivity index (χ0n) is 11.2. The third-order valence-corrected chi connectivity index (χ3v) is 2.90. The van der Waals surface area contributed by atoms with E-state index in [2.05, 4.69) is 26.1 Å². The molecule has 1 heteroatoms. The molecule has 88 valence electrons. The summed E-state index contributed by atoms with van der Waals surface area (Å²) in [4.78, 5) is 0. The van der Waals surface area contributed by atoms with Crippen molar-refractivity contribution in [3.63, 3.8) is 0 Å². The predicted octanol–water partition coefficient (Wildman–Crippen LogP) is 4.23. The summed E-state index contributed by atoms with van der Waals surface area (Å²) in [6.07, 6.45) is 6.83. The van der Waals surface area contributed by atoms with E-state index in [0.717, 1.165) is 5.92 Å². The minimum atomic E-state index is 0.694. The number of hydrogen-bond acceptors (Lipinski definition) is 1. The summed E-state index contributed by atoms with van der Waals surface area (Å²) in [6.45, 7) is 10.9. The van der Waals surface area contributed by atoms with Gasteiger partial charge in [0.1, 0.15) is 0 Å². The molecule has 0 aliphatic rings. The fraction of sp³-hybridized carbons (Fsp3) is 1.00. The summed E-state index contributed by atoms with van der Waals surface area (Å²) >= 11 is 0. The van der Waals surface area contributed by atoms with Gasteiger partial charge < -0.3 is 5.32 Å². The molecular formula is C13H31N. The summed E-state index contributed by atoms with van der Waals surface area (Å²) in [5, 5.41) is 3.27. The fourth-order valence-corrected chi connectivity index (χ4v) is 1.55. The van der Waals surface area contributed by atoms with Gasteiger partial charge in [-0.3, -0.25) is 0 Å². The smallest absolute Gasteiger partial charge is 0.00357 e. The van der Waals surface area contributed by atoms with E-state index in [1.165, 1.54) is 32.1 Å². The van der Waals surface area contributed by atoms with E-state index in [4.69, 9.17) is 0 Å². The van der Waals surface area contributed by atoms with Crippen LogP contribution in [-0.2, 0) is 0 Å². The van der Waals surface area contributed by atoms with E-state index < -0.39 is 0 Å². The first kappa shape index (κ1) is 16.4. The molecule has 1 N–H and O–H groups in total. The quantitative estimate of drug-likeness (QED) is 0.650. The molecule has 0 fully saturated rings. The van der Waals surface area contributed by atoms with E-state index in [9.17, 15) is 0 Å². The second kappa shape index (κ2) is 13.0. The van der Waals surface area contributed by atoms with E-state index in [1.54, 1.807) is 0 Å². The van der Waals surface area contributed by atoms with Crippen LogP contribution in [0, 0.1) is 5.92 Å². The summed E-state index contributed by atoms with van der Waals surface area (Å²) < 4.78 is 0. The monoisotopic (exact) mass is 201 g/mol. The number of rotatable bonds is 7. The third kappa shape index (κ3) is 10.0. The van der Waals surface area contributed by atoms with Crippen LogP contribution >= 0.6 is 0 Å². The van der Waals surface area contributed by atoms with E-state index >= 15 is 0 Å². The summed E-state index contributed by atoms with van der Waals surface area (Å²) in [6, 6.07) is 0.694. The Labute approximate surface area is 91.7 Å². The van der Waals surface area contributed by atoms with Gasteiger partial charge in [-0.1, -0.05) is 53.4 Å². The molecule has 0 saturated carbocycles. The van der Waals surface area contributed by atoms with E-state index in [-0.39, 0.29) is 0 Å². The predicted molar refractivity (Wildman–Crippen MR) is 67.8 cm³/mol. The first-order chi connectivity index (χ1) is 6.74. The van der Waals surface area contributed by atoms with Gasteiger partial charge in [0, 0.05) is 6.04 Å². The molecule has 0 saturated heterocycles. The highest BCUT2D eigenvalue weighted by Crippen LogP contribution is 2.16. The second-order valence-electron chi connectivity index (χ2n) is 3.80. The van der Waals surface area contributed by atoms with Gasteiger partial charge in [0.2, 0.25) is 0 Å². The average Bonchev–Trinajstić information content (AvgIpc) is 2.27. The highest BCUT2D eigenvalue weighted by Gasteiger charge is 2.04. The summed E-state index contributed by atoms with van der Waals surface area (Å²) in [5.74, 6) is 0.967. The van der Waals surface area contributed by atoms with Crippen LogP contribution in [0.3, 0.4) is 0 Å². The van der Waals surface area contributed by atoms with Crippen molar-refractivity contribution in [1.29, 1.82) is 0 Å². The molecule has 14 heavy (non-hydrogen) atoms. The summed E-state index contributed by atoms with van der Waals surface area (Å²) in [7, 11) is 2.04. The van der Waals surface area contributed by atoms with Gasteiger partial charge >= 0.3 is 0 Å². The zero-order chi connectivity index (χ0) is 11.4. The molecule has 0 heterocycles. The Morgan fingerprint density at radius 3 is 1.86 bits per heavy atom. The first-order valence-electron chi connectivity index (χ1n) is 6.41. The molecular weight excluding hydrogens is 170 g/mol. The van der Waals surface area contributed by atoms with E-state index in [0.29, 0.717) is 6.04 Å². The maximum atomic E-state index is 3.27. The molecule has 0 radical (unpaired) electrons. The van der Waals surface area contributed by atoms with Gasteiger partial charge in [0.25, 0.3) is 0 Å². The Bertz CT molecular complexity index is 87.2. The van der Waals surface area contributed by atoms with Crippen LogP contribution in [0.15, 0.2) is 0 Å². The molecule has 1 nitrogen and oxygen atoms in total. The second-order valence-corrected chi connectivity index (χ2v) is 3.80. The van der Waals surface area contributed by atoms with Crippen molar-refractivity contribution >= 4 is 0 Å². The molecule has 0 rings (SSSR count). The lowest BCUT2D eigenvalue weighted by Gasteiger charge is -2.14. The van der Waals surface area contributed by atoms with Crippen LogP contribution in [0.4, 0.5) is 0 Å². The fourth-order valence-electron chi connectivity index (χ4n) is 1.55. The van der Waals surface area contributed by atoms with Crippen molar-refractivity contribution in [2.45, 2.75) is 72.8 Å². The first-order valence-corrected chi connectivity index (χ1v) is 6.41. The normalized spacial score (nSPS) is 12.2. The van der Waals surface area contributed by atoms with Crippen molar-refractivity contribution in [3.8, 4) is 0 Å². The SMILES string of the molecule is CC.CCC(CC)CCCC(C)NC. The molecule has 0 aromatic rings. The lowest BCUT2D eigenvalue weighted by Crippen LogP contribution is -2.20. The maximum absolute atomic E-state index is 3.27. The molecule has 1 atom stereocenters. The highest BCUT2D eigenvalue weighted by molar-refractivity contribution is 4.60. The largest absolute Gasteiger partial charge is 0.317 e. The van der Waals surface area contributed by atoms with Crippen LogP contribution in [0.1, 0.15) is 66.7 Å². The zero-order valence-corrected chi connectivity index (χ0v) is 11.2. The molecule has 0 aromatic carbocycles. The minimum Gasteiger partial charge on any atom is -0.317 e. The Morgan fingerprint density at radius 1 is 1.00 bits per heavy atom. The molecule has 0 aliphatic heterocycles. The van der Waals surface area contributed by atoms with Crippen molar-refractivity contribution in [3.05, 3.63) is 0 Å². The van der Waals surface area contributed by atoms with Gasteiger partial charge in [0.15, 0.2) is 0 Å². The lowest BCUT2D eigenvalue weighted by molar-refractivity contribution is 0.414. The highest BCUT2D eigenvalue weighted by atomic mass is 14.8. The number of hydrogen-bond donors (Lipinski definition) is 1. The average molecular weight is 201 g/mol. The van der Waals surface area contributed by atoms with Crippen molar-refractivity contribution in [2.24, 2.45) is 5.92 Å². The standard InChI is InChI=1S/C11H25N.C2H6/c1-5-11(6-2)9-7-8-10(3)12-4;1-2/h10-12H,5-9H2,1-4H3;1-2H3. The van der Waals surface area contributed by atoms with Crippen LogP contribution in [0.2, 0.25) is 0 Å². The molecule has 0 bridgehead atoms. The Hall–Kier alpha value is -0.0400. The molecule has 0 aliphatic carbocycles. The maximum Gasteiger partial charge on any atom is 0.00357 e. The minimum absolute atomic E-state index is 0.694. The van der Waals surface area contributed by atoms with Gasteiger partial charge in [-0.2, -0.15) is 0 Å². The Morgan fingerprint density at radius 2 is 1.50 bits per heavy atom. The Kier molecular flexibility index (Phi) is 15.2. The number of nitrogens with one attached hydrogen (secondary N) is 1. The van der Waals surface area contributed by atoms with Crippen molar-refractivity contribution < 1.29 is 0 Å². The summed E-state index contributed by atoms with van der Waals surface area (Å²) in [5.41, 5.74) is 0. The van der Waals surface area contributed by atoms with Crippen LogP contribution < -0.4 is 5.32 Å². The van der Waals surface area contributed by atoms with Crippen LogP contribution in [-0.4, -0.2) is 13.1 Å². The molecule has 0 aromatic heterocycles. The van der Waals surface area contributed by atoms with Gasteiger partial charge in [-0.15, -0.1) is 0 Å². The molecule has 0 spiro atoms. The molecule has 0 amide bonds. The van der Waals surface area contributed by atoms with Gasteiger partial charge in [-0.05, 0) is 26.3 Å². The van der Waals surface area contributed by atoms with Crippen LogP contribution in [0.5, 0.6) is 0 Å². The van der Waals surface area contributed by atoms with Crippen molar-refractivity contribution in [1.82, 2.24) is 5.32 Å². The molecule has 1 unspecified atom stereocenters.